The van der Waals surface area contributed by atoms with Crippen molar-refractivity contribution in [1.29, 1.82) is 0 Å². The number of hydrogen-bond donors (Lipinski definition) is 1. The number of anilines is 1. The van der Waals surface area contributed by atoms with Crippen LogP contribution in [0.3, 0.4) is 0 Å². The lowest BCUT2D eigenvalue weighted by molar-refractivity contribution is -0.286. The Kier molecular flexibility index (Phi) is 6.80. The number of fused-ring (bicyclic) bond motifs is 1. The van der Waals surface area contributed by atoms with E-state index in [1.54, 1.807) is 6.07 Å². The van der Waals surface area contributed by atoms with Gasteiger partial charge in [0.05, 0.1) is 16.9 Å². The van der Waals surface area contributed by atoms with Crippen LogP contribution in [0.2, 0.25) is 0 Å². The molecule has 0 atom stereocenters. The lowest BCUT2D eigenvalue weighted by Crippen LogP contribution is -2.26. The summed E-state index contributed by atoms with van der Waals surface area (Å²) in [6, 6.07) is 16.7. The van der Waals surface area contributed by atoms with Gasteiger partial charge in [-0.3, -0.25) is 4.79 Å². The van der Waals surface area contributed by atoms with Crippen LogP contribution in [0.4, 0.5) is 23.2 Å². The fourth-order valence-electron chi connectivity index (χ4n) is 3.95. The van der Waals surface area contributed by atoms with Gasteiger partial charge in [0, 0.05) is 24.4 Å². The highest BCUT2D eigenvalue weighted by atomic mass is 19.3. The van der Waals surface area contributed by atoms with Gasteiger partial charge in [0.25, 0.3) is 12.3 Å². The standard InChI is InChI=1S/C27H19F4N3O6/c1-33(17-7-10-22-23(13-17)40-27(30,31)39-22)25(35)16-3-2-4-18(11-16)34-19(12-21(32-34)24(28)29)14-38-20-8-5-15(6-9-20)26(36)37/h2-13,24H,14H2,1H3,(H,36,37). The van der Waals surface area contributed by atoms with Crippen LogP contribution in [-0.4, -0.2) is 40.1 Å². The molecule has 0 aliphatic carbocycles. The molecule has 0 fully saturated rings. The van der Waals surface area contributed by atoms with Crippen LogP contribution in [0.1, 0.15) is 38.5 Å². The van der Waals surface area contributed by atoms with Crippen LogP contribution in [0.15, 0.2) is 72.8 Å². The second-order valence-corrected chi connectivity index (χ2v) is 8.60. The van der Waals surface area contributed by atoms with E-state index < -0.39 is 30.3 Å². The van der Waals surface area contributed by atoms with Crippen LogP contribution in [0, 0.1) is 0 Å². The second-order valence-electron chi connectivity index (χ2n) is 8.60. The van der Waals surface area contributed by atoms with Gasteiger partial charge in [-0.2, -0.15) is 5.10 Å². The minimum atomic E-state index is -3.80. The number of carbonyl (C=O) groups is 2. The number of benzene rings is 3. The molecule has 13 heteroatoms. The number of hydrogen-bond acceptors (Lipinski definition) is 6. The van der Waals surface area contributed by atoms with Crippen molar-refractivity contribution in [3.05, 3.63) is 95.3 Å². The summed E-state index contributed by atoms with van der Waals surface area (Å²) in [6.07, 6.45) is -6.67. The van der Waals surface area contributed by atoms with Crippen molar-refractivity contribution < 1.29 is 46.5 Å². The normalized spacial score (nSPS) is 13.3. The van der Waals surface area contributed by atoms with Gasteiger partial charge >= 0.3 is 12.3 Å². The van der Waals surface area contributed by atoms with E-state index in [0.717, 1.165) is 0 Å². The number of ether oxygens (including phenoxy) is 3. The van der Waals surface area contributed by atoms with Gasteiger partial charge in [-0.15, -0.1) is 8.78 Å². The van der Waals surface area contributed by atoms with E-state index in [4.69, 9.17) is 9.84 Å². The molecule has 0 saturated heterocycles. The summed E-state index contributed by atoms with van der Waals surface area (Å²) < 4.78 is 69.4. The Morgan fingerprint density at radius 2 is 1.73 bits per heavy atom. The fraction of sp³-hybridized carbons (Fsp3) is 0.148. The van der Waals surface area contributed by atoms with Gasteiger partial charge in [0.15, 0.2) is 11.5 Å². The van der Waals surface area contributed by atoms with Gasteiger partial charge < -0.3 is 24.2 Å². The number of rotatable bonds is 8. The average molecular weight is 557 g/mol. The highest BCUT2D eigenvalue weighted by Gasteiger charge is 2.43. The van der Waals surface area contributed by atoms with Crippen molar-refractivity contribution in [3.63, 3.8) is 0 Å². The van der Waals surface area contributed by atoms with Crippen LogP contribution in [-0.2, 0) is 6.61 Å². The second kappa shape index (κ2) is 10.2. The monoisotopic (exact) mass is 557 g/mol. The van der Waals surface area contributed by atoms with E-state index in [1.165, 1.54) is 83.4 Å². The van der Waals surface area contributed by atoms with E-state index in [1.807, 2.05) is 0 Å². The minimum absolute atomic E-state index is 0.0579. The summed E-state index contributed by atoms with van der Waals surface area (Å²) in [6.45, 7) is -0.188. The highest BCUT2D eigenvalue weighted by Crippen LogP contribution is 2.42. The number of aromatic carboxylic acids is 1. The Hall–Kier alpha value is -5.07. The Balaban J connectivity index is 1.39. The van der Waals surface area contributed by atoms with E-state index >= 15 is 0 Å². The molecule has 40 heavy (non-hydrogen) atoms. The summed E-state index contributed by atoms with van der Waals surface area (Å²) >= 11 is 0. The van der Waals surface area contributed by atoms with Gasteiger partial charge in [-0.05, 0) is 60.7 Å². The van der Waals surface area contributed by atoms with E-state index in [0.29, 0.717) is 5.75 Å². The molecule has 0 spiro atoms. The summed E-state index contributed by atoms with van der Waals surface area (Å²) in [5, 5.41) is 13.0. The zero-order valence-electron chi connectivity index (χ0n) is 20.6. The van der Waals surface area contributed by atoms with Crippen LogP contribution in [0.25, 0.3) is 5.69 Å². The van der Waals surface area contributed by atoms with Crippen molar-refractivity contribution in [3.8, 4) is 22.9 Å². The molecule has 1 aromatic heterocycles. The molecule has 0 saturated carbocycles. The molecule has 1 N–H and O–H groups in total. The topological polar surface area (TPSA) is 103 Å². The number of amides is 1. The smallest absolute Gasteiger partial charge is 0.487 e. The van der Waals surface area contributed by atoms with E-state index in [2.05, 4.69) is 14.6 Å². The number of carboxylic acid groups (broad SMARTS) is 1. The van der Waals surface area contributed by atoms with Crippen molar-refractivity contribution in [2.75, 3.05) is 11.9 Å². The number of nitrogens with zero attached hydrogens (tertiary/aromatic N) is 3. The first-order valence-electron chi connectivity index (χ1n) is 11.6. The van der Waals surface area contributed by atoms with Gasteiger partial charge in [0.2, 0.25) is 0 Å². The van der Waals surface area contributed by atoms with Crippen molar-refractivity contribution in [2.45, 2.75) is 19.3 Å². The molecule has 5 rings (SSSR count). The Bertz CT molecular complexity index is 1590. The largest absolute Gasteiger partial charge is 0.586 e. The van der Waals surface area contributed by atoms with Gasteiger partial charge in [0.1, 0.15) is 18.1 Å². The van der Waals surface area contributed by atoms with Crippen LogP contribution in [0.5, 0.6) is 17.2 Å². The maximum atomic E-state index is 13.5. The number of alkyl halides is 4. The molecule has 1 aliphatic rings. The quantitative estimate of drug-likeness (QED) is 0.278. The van der Waals surface area contributed by atoms with Crippen molar-refractivity contribution >= 4 is 17.6 Å². The zero-order chi connectivity index (χ0) is 28.6. The molecule has 4 aromatic rings. The molecule has 2 heterocycles. The molecule has 206 valence electrons. The van der Waals surface area contributed by atoms with Crippen molar-refractivity contribution in [1.82, 2.24) is 9.78 Å². The molecule has 0 radical (unpaired) electrons. The Morgan fingerprint density at radius 3 is 2.42 bits per heavy atom. The zero-order valence-corrected chi connectivity index (χ0v) is 20.6. The first-order chi connectivity index (χ1) is 19.0. The molecule has 0 bridgehead atoms. The third-order valence-corrected chi connectivity index (χ3v) is 5.93. The summed E-state index contributed by atoms with van der Waals surface area (Å²) in [7, 11) is 1.43. The SMILES string of the molecule is CN(C(=O)c1cccc(-n2nc(C(F)F)cc2COc2ccc(C(=O)O)cc2)c1)c1ccc2c(c1)OC(F)(F)O2. The van der Waals surface area contributed by atoms with Crippen LogP contribution < -0.4 is 19.1 Å². The highest BCUT2D eigenvalue weighted by molar-refractivity contribution is 6.06. The maximum absolute atomic E-state index is 13.5. The lowest BCUT2D eigenvalue weighted by Gasteiger charge is -2.18. The first-order valence-corrected chi connectivity index (χ1v) is 11.6. The van der Waals surface area contributed by atoms with Crippen molar-refractivity contribution in [2.24, 2.45) is 0 Å². The number of carbonyl (C=O) groups excluding carboxylic acids is 1. The maximum Gasteiger partial charge on any atom is 0.586 e. The third kappa shape index (κ3) is 5.39. The van der Waals surface area contributed by atoms with Crippen LogP contribution >= 0.6 is 0 Å². The summed E-state index contributed by atoms with van der Waals surface area (Å²) in [4.78, 5) is 25.5. The summed E-state index contributed by atoms with van der Waals surface area (Å²) in [5.74, 6) is -1.72. The predicted octanol–water partition coefficient (Wildman–Crippen LogP) is 5.69. The van der Waals surface area contributed by atoms with Gasteiger partial charge in [-0.1, -0.05) is 6.07 Å². The number of carboxylic acids is 1. The molecule has 9 nitrogen and oxygen atoms in total. The summed E-state index contributed by atoms with van der Waals surface area (Å²) in [5.41, 5.74) is 0.489. The first kappa shape index (κ1) is 26.5. The molecular weight excluding hydrogens is 538 g/mol. The predicted molar refractivity (Wildman–Crippen MR) is 132 cm³/mol. The molecule has 3 aromatic carbocycles. The third-order valence-electron chi connectivity index (χ3n) is 5.93. The molecule has 0 unspecified atom stereocenters. The minimum Gasteiger partial charge on any atom is -0.487 e. The Morgan fingerprint density at radius 1 is 1.00 bits per heavy atom. The molecular formula is C27H19F4N3O6. The molecule has 1 aliphatic heterocycles. The number of halogens is 4. The lowest BCUT2D eigenvalue weighted by atomic mass is 10.1. The average Bonchev–Trinajstić information content (AvgIpc) is 3.50. The molecule has 1 amide bonds. The number of aromatic nitrogens is 2. The fourth-order valence-corrected chi connectivity index (χ4v) is 3.95. The van der Waals surface area contributed by atoms with E-state index in [-0.39, 0.29) is 46.3 Å². The van der Waals surface area contributed by atoms with E-state index in [9.17, 15) is 27.2 Å². The van der Waals surface area contributed by atoms with Gasteiger partial charge in [-0.25, -0.2) is 18.3 Å². The Labute approximate surface area is 223 Å².